The highest BCUT2D eigenvalue weighted by Gasteiger charge is 2.22. The minimum absolute atomic E-state index is 0.0930. The van der Waals surface area contributed by atoms with Crippen LogP contribution < -0.4 is 0 Å². The molecule has 1 aromatic rings. The van der Waals surface area contributed by atoms with E-state index in [1.165, 1.54) is 12.1 Å². The van der Waals surface area contributed by atoms with Crippen molar-refractivity contribution in [2.24, 2.45) is 5.92 Å². The molecule has 2 atom stereocenters. The van der Waals surface area contributed by atoms with Crippen LogP contribution in [-0.4, -0.2) is 24.4 Å². The predicted octanol–water partition coefficient (Wildman–Crippen LogP) is 3.05. The summed E-state index contributed by atoms with van der Waals surface area (Å²) < 4.78 is 18.5. The zero-order chi connectivity index (χ0) is 13.0. The number of rotatable bonds is 5. The van der Waals surface area contributed by atoms with E-state index in [0.717, 1.165) is 0 Å². The molecule has 0 bridgehead atoms. The van der Waals surface area contributed by atoms with Crippen molar-refractivity contribution in [3.05, 3.63) is 34.6 Å². The van der Waals surface area contributed by atoms with Gasteiger partial charge in [0.2, 0.25) is 0 Å². The third kappa shape index (κ3) is 3.95. The highest BCUT2D eigenvalue weighted by atomic mass is 35.5. The van der Waals surface area contributed by atoms with Gasteiger partial charge in [0.25, 0.3) is 0 Å². The van der Waals surface area contributed by atoms with Gasteiger partial charge < -0.3 is 9.84 Å². The van der Waals surface area contributed by atoms with Crippen LogP contribution in [0.25, 0.3) is 0 Å². The Kier molecular flexibility index (Phi) is 5.37. The van der Waals surface area contributed by atoms with E-state index in [0.29, 0.717) is 12.0 Å². The predicted molar refractivity (Wildman–Crippen MR) is 66.8 cm³/mol. The molecule has 1 aromatic carbocycles. The fourth-order valence-corrected chi connectivity index (χ4v) is 2.02. The van der Waals surface area contributed by atoms with Crippen molar-refractivity contribution in [1.82, 2.24) is 0 Å². The molecule has 2 nitrogen and oxygen atoms in total. The molecule has 96 valence electrons. The van der Waals surface area contributed by atoms with E-state index in [9.17, 15) is 9.50 Å². The first-order valence-electron chi connectivity index (χ1n) is 5.60. The molecule has 0 saturated carbocycles. The maximum Gasteiger partial charge on any atom is 0.142 e. The second kappa shape index (κ2) is 6.34. The molecule has 0 aromatic heterocycles. The maximum atomic E-state index is 13.2. The Labute approximate surface area is 106 Å². The van der Waals surface area contributed by atoms with E-state index in [-0.39, 0.29) is 17.0 Å². The van der Waals surface area contributed by atoms with Gasteiger partial charge in [-0.1, -0.05) is 31.5 Å². The molecule has 1 N–H and O–H groups in total. The van der Waals surface area contributed by atoms with E-state index in [2.05, 4.69) is 0 Å². The van der Waals surface area contributed by atoms with Crippen molar-refractivity contribution in [3.63, 3.8) is 0 Å². The summed E-state index contributed by atoms with van der Waals surface area (Å²) in [4.78, 5) is 0. The Bertz CT molecular complexity index is 368. The zero-order valence-electron chi connectivity index (χ0n) is 10.3. The van der Waals surface area contributed by atoms with E-state index in [1.807, 2.05) is 13.8 Å². The lowest BCUT2D eigenvalue weighted by Gasteiger charge is -2.25. The number of hydrogen-bond donors (Lipinski definition) is 1. The maximum absolute atomic E-state index is 13.2. The van der Waals surface area contributed by atoms with Crippen LogP contribution in [0.1, 0.15) is 19.4 Å². The molecule has 0 spiro atoms. The smallest absolute Gasteiger partial charge is 0.142 e. The molecule has 0 aliphatic carbocycles. The van der Waals surface area contributed by atoms with Gasteiger partial charge in [0.05, 0.1) is 17.2 Å². The summed E-state index contributed by atoms with van der Waals surface area (Å²) in [6.45, 7) is 3.94. The van der Waals surface area contributed by atoms with Gasteiger partial charge >= 0.3 is 0 Å². The second-order valence-corrected chi connectivity index (χ2v) is 4.87. The minimum Gasteiger partial charge on any atom is -0.390 e. The number of ether oxygens (including phenoxy) is 1. The van der Waals surface area contributed by atoms with Crippen molar-refractivity contribution in [2.45, 2.75) is 32.5 Å². The molecular formula is C13H18ClFO2. The number of halogens is 2. The highest BCUT2D eigenvalue weighted by Crippen LogP contribution is 2.19. The summed E-state index contributed by atoms with van der Waals surface area (Å²) in [5.41, 5.74) is 0.710. The molecule has 0 heterocycles. The summed E-state index contributed by atoms with van der Waals surface area (Å²) >= 11 is 5.60. The highest BCUT2D eigenvalue weighted by molar-refractivity contribution is 6.30. The van der Waals surface area contributed by atoms with Crippen LogP contribution in [0, 0.1) is 11.7 Å². The van der Waals surface area contributed by atoms with Crippen molar-refractivity contribution in [3.8, 4) is 0 Å². The molecule has 0 amide bonds. The summed E-state index contributed by atoms with van der Waals surface area (Å²) in [5.74, 6) is -0.262. The van der Waals surface area contributed by atoms with Gasteiger partial charge in [-0.25, -0.2) is 4.39 Å². The SMILES string of the molecule is COC(C(C)C)C(O)Cc1ccc(Cl)c(F)c1. The number of methoxy groups -OCH3 is 1. The third-order valence-electron chi connectivity index (χ3n) is 2.74. The molecule has 0 fully saturated rings. The minimum atomic E-state index is -0.652. The van der Waals surface area contributed by atoms with Crippen LogP contribution in [-0.2, 0) is 11.2 Å². The first kappa shape index (κ1) is 14.4. The fraction of sp³-hybridized carbons (Fsp3) is 0.538. The summed E-state index contributed by atoms with van der Waals surface area (Å²) in [6.07, 6.45) is -0.556. The van der Waals surface area contributed by atoms with Gasteiger partial charge in [-0.3, -0.25) is 0 Å². The van der Waals surface area contributed by atoms with Gasteiger partial charge in [0.15, 0.2) is 0 Å². The molecule has 2 unspecified atom stereocenters. The quantitative estimate of drug-likeness (QED) is 0.882. The van der Waals surface area contributed by atoms with E-state index >= 15 is 0 Å². The van der Waals surface area contributed by atoms with Crippen LogP contribution in [0.3, 0.4) is 0 Å². The van der Waals surface area contributed by atoms with Gasteiger partial charge in [-0.15, -0.1) is 0 Å². The second-order valence-electron chi connectivity index (χ2n) is 4.46. The van der Waals surface area contributed by atoms with Crippen molar-refractivity contribution < 1.29 is 14.2 Å². The van der Waals surface area contributed by atoms with E-state index < -0.39 is 11.9 Å². The monoisotopic (exact) mass is 260 g/mol. The van der Waals surface area contributed by atoms with E-state index in [4.69, 9.17) is 16.3 Å². The third-order valence-corrected chi connectivity index (χ3v) is 3.04. The summed E-state index contributed by atoms with van der Waals surface area (Å²) in [6, 6.07) is 4.55. The van der Waals surface area contributed by atoms with Gasteiger partial charge in [-0.05, 0) is 23.6 Å². The van der Waals surface area contributed by atoms with Crippen LogP contribution in [0.15, 0.2) is 18.2 Å². The summed E-state index contributed by atoms with van der Waals surface area (Å²) in [7, 11) is 1.57. The van der Waals surface area contributed by atoms with Crippen LogP contribution >= 0.6 is 11.6 Å². The topological polar surface area (TPSA) is 29.5 Å². The molecule has 0 aliphatic rings. The zero-order valence-corrected chi connectivity index (χ0v) is 11.0. The molecule has 1 rings (SSSR count). The van der Waals surface area contributed by atoms with Gasteiger partial charge in [0.1, 0.15) is 5.82 Å². The largest absolute Gasteiger partial charge is 0.390 e. The number of aliphatic hydroxyl groups is 1. The summed E-state index contributed by atoms with van der Waals surface area (Å²) in [5, 5.41) is 10.1. The Hall–Kier alpha value is -0.640. The van der Waals surface area contributed by atoms with Crippen molar-refractivity contribution >= 4 is 11.6 Å². The van der Waals surface area contributed by atoms with E-state index in [1.54, 1.807) is 13.2 Å². The molecule has 4 heteroatoms. The molecule has 0 radical (unpaired) electrons. The molecule has 17 heavy (non-hydrogen) atoms. The lowest BCUT2D eigenvalue weighted by atomic mass is 9.96. The lowest BCUT2D eigenvalue weighted by molar-refractivity contribution is -0.0368. The lowest BCUT2D eigenvalue weighted by Crippen LogP contribution is -2.34. The van der Waals surface area contributed by atoms with Crippen LogP contribution in [0.4, 0.5) is 4.39 Å². The standard InChI is InChI=1S/C13H18ClFO2/c1-8(2)13(17-3)12(16)7-9-4-5-10(14)11(15)6-9/h4-6,8,12-13,16H,7H2,1-3H3. The Morgan fingerprint density at radius 3 is 2.53 bits per heavy atom. The number of aliphatic hydroxyl groups excluding tert-OH is 1. The normalized spacial score (nSPS) is 15.0. The van der Waals surface area contributed by atoms with Crippen LogP contribution in [0.2, 0.25) is 5.02 Å². The Balaban J connectivity index is 2.73. The van der Waals surface area contributed by atoms with Crippen LogP contribution in [0.5, 0.6) is 0 Å². The van der Waals surface area contributed by atoms with Gasteiger partial charge in [0, 0.05) is 13.5 Å². The van der Waals surface area contributed by atoms with Gasteiger partial charge in [-0.2, -0.15) is 0 Å². The van der Waals surface area contributed by atoms with Crippen molar-refractivity contribution in [2.75, 3.05) is 7.11 Å². The Morgan fingerprint density at radius 2 is 2.06 bits per heavy atom. The van der Waals surface area contributed by atoms with Crippen molar-refractivity contribution in [1.29, 1.82) is 0 Å². The first-order valence-corrected chi connectivity index (χ1v) is 5.98. The fourth-order valence-electron chi connectivity index (χ4n) is 1.90. The molecule has 0 saturated heterocycles. The Morgan fingerprint density at radius 1 is 1.41 bits per heavy atom. The number of benzene rings is 1. The molecular weight excluding hydrogens is 243 g/mol. The number of hydrogen-bond acceptors (Lipinski definition) is 2. The average molecular weight is 261 g/mol. The average Bonchev–Trinajstić information content (AvgIpc) is 2.24. The first-order chi connectivity index (χ1) is 7.95. The molecule has 0 aliphatic heterocycles.